The van der Waals surface area contributed by atoms with Gasteiger partial charge in [-0.3, -0.25) is 0 Å². The zero-order valence-electron chi connectivity index (χ0n) is 9.75. The molecule has 0 heterocycles. The number of hydrogen-bond donors (Lipinski definition) is 0. The highest BCUT2D eigenvalue weighted by Gasteiger charge is 2.01. The van der Waals surface area contributed by atoms with Crippen LogP contribution in [0.5, 0.6) is 5.75 Å². The smallest absolute Gasteiger partial charge is 0.119 e. The second-order valence-electron chi connectivity index (χ2n) is 3.34. The van der Waals surface area contributed by atoms with Crippen molar-refractivity contribution in [3.05, 3.63) is 28.2 Å². The molecule has 1 rings (SSSR count). The summed E-state index contributed by atoms with van der Waals surface area (Å²) in [6.07, 6.45) is 0. The summed E-state index contributed by atoms with van der Waals surface area (Å²) in [5.41, 5.74) is 1.02. The average Bonchev–Trinajstić information content (AvgIpc) is 2.35. The molecule has 0 N–H and O–H groups in total. The lowest BCUT2D eigenvalue weighted by Gasteiger charge is -2.08. The van der Waals surface area contributed by atoms with Crippen LogP contribution in [0.15, 0.2) is 22.7 Å². The predicted molar refractivity (Wildman–Crippen MR) is 71.9 cm³/mol. The van der Waals surface area contributed by atoms with Gasteiger partial charge in [-0.1, -0.05) is 15.9 Å². The lowest BCUT2D eigenvalue weighted by Crippen LogP contribution is -2.10. The van der Waals surface area contributed by atoms with E-state index in [-0.39, 0.29) is 0 Å². The third kappa shape index (κ3) is 5.73. The summed E-state index contributed by atoms with van der Waals surface area (Å²) in [6.45, 7) is 2.27. The van der Waals surface area contributed by atoms with Gasteiger partial charge in [0.1, 0.15) is 12.4 Å². The number of ether oxygens (including phenoxy) is 3. The van der Waals surface area contributed by atoms with Crippen molar-refractivity contribution in [1.82, 2.24) is 0 Å². The van der Waals surface area contributed by atoms with Crippen LogP contribution in [0.2, 0.25) is 0 Å². The van der Waals surface area contributed by atoms with Crippen LogP contribution in [-0.2, 0) is 15.4 Å². The molecule has 0 aliphatic carbocycles. The van der Waals surface area contributed by atoms with Crippen molar-refractivity contribution in [1.29, 1.82) is 0 Å². The number of benzene rings is 1. The molecule has 96 valence electrons. The molecule has 0 amide bonds. The minimum atomic E-state index is 0.460. The lowest BCUT2D eigenvalue weighted by atomic mass is 10.2. The van der Waals surface area contributed by atoms with Crippen molar-refractivity contribution < 1.29 is 14.2 Å². The fourth-order valence-corrected chi connectivity index (χ4v) is 1.98. The van der Waals surface area contributed by atoms with Gasteiger partial charge in [0.15, 0.2) is 0 Å². The van der Waals surface area contributed by atoms with Gasteiger partial charge in [-0.15, -0.1) is 11.6 Å². The molecule has 0 radical (unpaired) electrons. The second-order valence-corrected chi connectivity index (χ2v) is 4.46. The Kier molecular flexibility index (Phi) is 7.60. The molecule has 1 aromatic rings. The van der Waals surface area contributed by atoms with Crippen LogP contribution >= 0.6 is 27.5 Å². The highest BCUT2D eigenvalue weighted by atomic mass is 79.9. The van der Waals surface area contributed by atoms with E-state index in [1.165, 1.54) is 0 Å². The van der Waals surface area contributed by atoms with Crippen molar-refractivity contribution in [2.45, 2.75) is 5.88 Å². The third-order valence-corrected chi connectivity index (χ3v) is 3.15. The summed E-state index contributed by atoms with van der Waals surface area (Å²) in [5.74, 6) is 1.27. The van der Waals surface area contributed by atoms with Gasteiger partial charge in [0.2, 0.25) is 0 Å². The van der Waals surface area contributed by atoms with Crippen molar-refractivity contribution >= 4 is 27.5 Å². The highest BCUT2D eigenvalue weighted by molar-refractivity contribution is 9.10. The van der Waals surface area contributed by atoms with Crippen LogP contribution in [0, 0.1) is 0 Å². The average molecular weight is 324 g/mol. The molecule has 0 saturated carbocycles. The first-order chi connectivity index (χ1) is 8.27. The minimum absolute atomic E-state index is 0.460. The van der Waals surface area contributed by atoms with E-state index in [4.69, 9.17) is 25.8 Å². The Labute approximate surface area is 115 Å². The molecule has 1 aromatic carbocycles. The summed E-state index contributed by atoms with van der Waals surface area (Å²) < 4.78 is 16.7. The van der Waals surface area contributed by atoms with Crippen LogP contribution in [0.4, 0.5) is 0 Å². The summed E-state index contributed by atoms with van der Waals surface area (Å²) in [4.78, 5) is 0. The van der Waals surface area contributed by atoms with Gasteiger partial charge >= 0.3 is 0 Å². The van der Waals surface area contributed by atoms with Crippen LogP contribution in [0.3, 0.4) is 0 Å². The Hall–Kier alpha value is -0.290. The SMILES string of the molecule is COCCOCCOc1ccc(Br)c(CCl)c1. The van der Waals surface area contributed by atoms with E-state index in [0.29, 0.717) is 32.3 Å². The molecule has 0 bridgehead atoms. The first-order valence-electron chi connectivity index (χ1n) is 5.31. The van der Waals surface area contributed by atoms with E-state index in [2.05, 4.69) is 15.9 Å². The quantitative estimate of drug-likeness (QED) is 0.543. The Balaban J connectivity index is 2.27. The van der Waals surface area contributed by atoms with Gasteiger partial charge in [0.05, 0.1) is 19.8 Å². The van der Waals surface area contributed by atoms with Crippen molar-refractivity contribution in [3.8, 4) is 5.75 Å². The van der Waals surface area contributed by atoms with Crippen LogP contribution in [0.1, 0.15) is 5.56 Å². The fourth-order valence-electron chi connectivity index (χ4n) is 1.21. The van der Waals surface area contributed by atoms with Crippen LogP contribution in [0.25, 0.3) is 0 Å². The zero-order chi connectivity index (χ0) is 12.5. The number of methoxy groups -OCH3 is 1. The van der Waals surface area contributed by atoms with Crippen LogP contribution < -0.4 is 4.74 Å². The van der Waals surface area contributed by atoms with Gasteiger partial charge in [-0.2, -0.15) is 0 Å². The van der Waals surface area contributed by atoms with E-state index >= 15 is 0 Å². The Morgan fingerprint density at radius 1 is 1.18 bits per heavy atom. The molecule has 0 aliphatic rings. The van der Waals surface area contributed by atoms with E-state index in [1.807, 2.05) is 18.2 Å². The van der Waals surface area contributed by atoms with Crippen LogP contribution in [-0.4, -0.2) is 33.5 Å². The maximum Gasteiger partial charge on any atom is 0.119 e. The normalized spacial score (nSPS) is 10.5. The van der Waals surface area contributed by atoms with Crippen molar-refractivity contribution in [2.24, 2.45) is 0 Å². The van der Waals surface area contributed by atoms with Gasteiger partial charge < -0.3 is 14.2 Å². The van der Waals surface area contributed by atoms with Gasteiger partial charge in [-0.25, -0.2) is 0 Å². The van der Waals surface area contributed by atoms with E-state index in [0.717, 1.165) is 15.8 Å². The molecule has 0 spiro atoms. The summed E-state index contributed by atoms with van der Waals surface area (Å²) in [6, 6.07) is 5.75. The molecule has 3 nitrogen and oxygen atoms in total. The van der Waals surface area contributed by atoms with E-state index in [1.54, 1.807) is 7.11 Å². The number of rotatable bonds is 8. The fraction of sp³-hybridized carbons (Fsp3) is 0.500. The molecule has 0 fully saturated rings. The highest BCUT2D eigenvalue weighted by Crippen LogP contribution is 2.23. The van der Waals surface area contributed by atoms with Gasteiger partial charge in [-0.05, 0) is 23.8 Å². The summed E-state index contributed by atoms with van der Waals surface area (Å²) in [5, 5.41) is 0. The monoisotopic (exact) mass is 322 g/mol. The maximum atomic E-state index is 5.80. The summed E-state index contributed by atoms with van der Waals surface area (Å²) in [7, 11) is 1.65. The number of hydrogen-bond acceptors (Lipinski definition) is 3. The molecule has 0 atom stereocenters. The third-order valence-electron chi connectivity index (χ3n) is 2.09. The molecule has 5 heteroatoms. The maximum absolute atomic E-state index is 5.80. The predicted octanol–water partition coefficient (Wildman–Crippen LogP) is 3.23. The number of alkyl halides is 1. The topological polar surface area (TPSA) is 27.7 Å². The Morgan fingerprint density at radius 3 is 2.65 bits per heavy atom. The molecule has 17 heavy (non-hydrogen) atoms. The molecule has 0 aromatic heterocycles. The van der Waals surface area contributed by atoms with E-state index in [9.17, 15) is 0 Å². The van der Waals surface area contributed by atoms with Gasteiger partial charge in [0, 0.05) is 17.5 Å². The first-order valence-corrected chi connectivity index (χ1v) is 6.64. The Morgan fingerprint density at radius 2 is 1.94 bits per heavy atom. The lowest BCUT2D eigenvalue weighted by molar-refractivity contribution is 0.0544. The summed E-state index contributed by atoms with van der Waals surface area (Å²) >= 11 is 9.22. The van der Waals surface area contributed by atoms with E-state index < -0.39 is 0 Å². The molecule has 0 unspecified atom stereocenters. The molecule has 0 aliphatic heterocycles. The first kappa shape index (κ1) is 14.8. The molecular weight excluding hydrogens is 307 g/mol. The largest absolute Gasteiger partial charge is 0.491 e. The zero-order valence-corrected chi connectivity index (χ0v) is 12.1. The van der Waals surface area contributed by atoms with Gasteiger partial charge in [0.25, 0.3) is 0 Å². The Bertz CT molecular complexity index is 334. The van der Waals surface area contributed by atoms with Crippen molar-refractivity contribution in [3.63, 3.8) is 0 Å². The molecular formula is C12H16BrClO3. The molecule has 0 saturated heterocycles. The number of halogens is 2. The van der Waals surface area contributed by atoms with Crippen molar-refractivity contribution in [2.75, 3.05) is 33.5 Å². The standard InChI is InChI=1S/C12H16BrClO3/c1-15-4-5-16-6-7-17-11-2-3-12(13)10(8-11)9-14/h2-3,8H,4-7,9H2,1H3. The minimum Gasteiger partial charge on any atom is -0.491 e. The second kappa shape index (κ2) is 8.75.